The number of urea groups is 1. The molecule has 0 aliphatic carbocycles. The average Bonchev–Trinajstić information content (AvgIpc) is 3.53. The lowest BCUT2D eigenvalue weighted by Crippen LogP contribution is -2.44. The average molecular weight is 582 g/mol. The van der Waals surface area contributed by atoms with E-state index in [0.29, 0.717) is 18.5 Å². The Labute approximate surface area is 248 Å². The molecule has 220 valence electrons. The standard InChI is InChI=1S/C33H32FN5O4/c34-22-12-10-21(11-13-22)30-29-25(23-6-1-3-8-26(23)36-29)20-28-32(41)39(33(42)38(28)30)27-9-4-2-7-24(27)31(40)35-14-5-15-37-16-18-43-19-17-37/h1-4,6-13,28,30,36H,5,14-20H2,(H,35,40)/t28-,30?/m0/s1. The second-order valence-corrected chi connectivity index (χ2v) is 11.2. The molecule has 3 aliphatic rings. The van der Waals surface area contributed by atoms with Gasteiger partial charge in [-0.2, -0.15) is 0 Å². The molecule has 4 heterocycles. The van der Waals surface area contributed by atoms with Crippen molar-refractivity contribution in [2.75, 3.05) is 44.3 Å². The lowest BCUT2D eigenvalue weighted by Gasteiger charge is -2.36. The Kier molecular flexibility index (Phi) is 7.16. The van der Waals surface area contributed by atoms with Gasteiger partial charge in [-0.1, -0.05) is 42.5 Å². The number of rotatable bonds is 7. The molecule has 1 unspecified atom stereocenters. The predicted molar refractivity (Wildman–Crippen MR) is 159 cm³/mol. The number of aromatic nitrogens is 1. The minimum Gasteiger partial charge on any atom is -0.379 e. The summed E-state index contributed by atoms with van der Waals surface area (Å²) in [4.78, 5) is 50.2. The lowest BCUT2D eigenvalue weighted by molar-refractivity contribution is -0.120. The van der Waals surface area contributed by atoms with Crippen LogP contribution in [0.1, 0.15) is 39.6 Å². The van der Waals surface area contributed by atoms with Crippen molar-refractivity contribution >= 4 is 34.4 Å². The van der Waals surface area contributed by atoms with Gasteiger partial charge in [0.25, 0.3) is 11.8 Å². The summed E-state index contributed by atoms with van der Waals surface area (Å²) in [5.74, 6) is -1.11. The molecule has 3 aliphatic heterocycles. The maximum atomic E-state index is 14.2. The van der Waals surface area contributed by atoms with E-state index in [4.69, 9.17) is 4.74 Å². The first-order chi connectivity index (χ1) is 21.0. The van der Waals surface area contributed by atoms with E-state index in [1.54, 1.807) is 41.3 Å². The van der Waals surface area contributed by atoms with Gasteiger partial charge in [-0.3, -0.25) is 19.4 Å². The van der Waals surface area contributed by atoms with Crippen LogP contribution < -0.4 is 10.2 Å². The summed E-state index contributed by atoms with van der Waals surface area (Å²) in [5, 5.41) is 3.95. The molecule has 9 nitrogen and oxygen atoms in total. The topological polar surface area (TPSA) is 98.0 Å². The fraction of sp³-hybridized carbons (Fsp3) is 0.303. The normalized spacial score (nSPS) is 20.4. The van der Waals surface area contributed by atoms with Crippen molar-refractivity contribution in [3.8, 4) is 0 Å². The third kappa shape index (κ3) is 4.86. The molecule has 0 saturated carbocycles. The number of hydrogen-bond donors (Lipinski definition) is 2. The highest BCUT2D eigenvalue weighted by atomic mass is 19.1. The second kappa shape index (κ2) is 11.3. The van der Waals surface area contributed by atoms with E-state index in [1.807, 2.05) is 24.3 Å². The van der Waals surface area contributed by atoms with Gasteiger partial charge in [-0.25, -0.2) is 14.1 Å². The molecular weight excluding hydrogens is 549 g/mol. The molecule has 43 heavy (non-hydrogen) atoms. The number of morpholine rings is 1. The number of benzene rings is 3. The van der Waals surface area contributed by atoms with Crippen LogP contribution in [0.2, 0.25) is 0 Å². The first-order valence-corrected chi connectivity index (χ1v) is 14.7. The van der Waals surface area contributed by atoms with Crippen molar-refractivity contribution in [1.29, 1.82) is 0 Å². The molecule has 4 aromatic rings. The number of nitrogens with one attached hydrogen (secondary N) is 2. The predicted octanol–water partition coefficient (Wildman–Crippen LogP) is 4.24. The minimum absolute atomic E-state index is 0.254. The Balaban J connectivity index is 1.19. The number of anilines is 1. The number of carbonyl (C=O) groups excluding carboxylic acids is 3. The quantitative estimate of drug-likeness (QED) is 0.251. The minimum atomic E-state index is -0.779. The highest BCUT2D eigenvalue weighted by molar-refractivity contribution is 6.24. The van der Waals surface area contributed by atoms with Crippen LogP contribution in [0, 0.1) is 5.82 Å². The van der Waals surface area contributed by atoms with Crippen LogP contribution in [-0.4, -0.2) is 78.1 Å². The number of amides is 4. The van der Waals surface area contributed by atoms with Gasteiger partial charge in [0.2, 0.25) is 0 Å². The lowest BCUT2D eigenvalue weighted by atomic mass is 9.89. The van der Waals surface area contributed by atoms with Gasteiger partial charge in [0, 0.05) is 42.7 Å². The molecule has 7 rings (SSSR count). The summed E-state index contributed by atoms with van der Waals surface area (Å²) in [7, 11) is 0. The van der Waals surface area contributed by atoms with Crippen LogP contribution in [0.5, 0.6) is 0 Å². The van der Waals surface area contributed by atoms with E-state index in [9.17, 15) is 18.8 Å². The van der Waals surface area contributed by atoms with Crippen LogP contribution in [0.3, 0.4) is 0 Å². The van der Waals surface area contributed by atoms with Gasteiger partial charge in [-0.05, 0) is 54.4 Å². The molecule has 3 aromatic carbocycles. The van der Waals surface area contributed by atoms with Gasteiger partial charge in [0.05, 0.1) is 24.5 Å². The molecule has 0 radical (unpaired) electrons. The molecule has 1 aromatic heterocycles. The van der Waals surface area contributed by atoms with Crippen molar-refractivity contribution < 1.29 is 23.5 Å². The second-order valence-electron chi connectivity index (χ2n) is 11.2. The van der Waals surface area contributed by atoms with Crippen molar-refractivity contribution in [1.82, 2.24) is 20.1 Å². The fourth-order valence-corrected chi connectivity index (χ4v) is 6.57. The zero-order chi connectivity index (χ0) is 29.5. The summed E-state index contributed by atoms with van der Waals surface area (Å²) in [6.45, 7) is 4.52. The van der Waals surface area contributed by atoms with Gasteiger partial charge >= 0.3 is 6.03 Å². The monoisotopic (exact) mass is 581 g/mol. The third-order valence-electron chi connectivity index (χ3n) is 8.66. The fourth-order valence-electron chi connectivity index (χ4n) is 6.57. The molecule has 2 N–H and O–H groups in total. The summed E-state index contributed by atoms with van der Waals surface area (Å²) in [6.07, 6.45) is 1.10. The van der Waals surface area contributed by atoms with Crippen LogP contribution in [0.4, 0.5) is 14.9 Å². The number of halogens is 1. The summed E-state index contributed by atoms with van der Waals surface area (Å²) in [6, 6.07) is 18.7. The Morgan fingerprint density at radius 2 is 1.72 bits per heavy atom. The van der Waals surface area contributed by atoms with Crippen LogP contribution in [0.25, 0.3) is 10.9 Å². The highest BCUT2D eigenvalue weighted by Crippen LogP contribution is 2.45. The number of hydrogen-bond acceptors (Lipinski definition) is 5. The molecule has 2 fully saturated rings. The van der Waals surface area contributed by atoms with E-state index >= 15 is 0 Å². The molecule has 0 spiro atoms. The number of carbonyl (C=O) groups is 3. The Morgan fingerprint density at radius 3 is 2.53 bits per heavy atom. The smallest absolute Gasteiger partial charge is 0.332 e. The van der Waals surface area contributed by atoms with Gasteiger partial charge in [0.15, 0.2) is 0 Å². The Bertz CT molecular complexity index is 1700. The van der Waals surface area contributed by atoms with Crippen molar-refractivity contribution in [2.24, 2.45) is 0 Å². The maximum Gasteiger partial charge on any atom is 0.332 e. The number of H-pyrrole nitrogens is 1. The summed E-state index contributed by atoms with van der Waals surface area (Å²) in [5.41, 5.74) is 3.88. The first-order valence-electron chi connectivity index (χ1n) is 14.7. The molecular formula is C33H32FN5O4. The molecule has 4 amide bonds. The van der Waals surface area contributed by atoms with Crippen molar-refractivity contribution in [2.45, 2.75) is 24.9 Å². The van der Waals surface area contributed by atoms with E-state index < -0.39 is 18.1 Å². The Hall–Kier alpha value is -4.54. The van der Waals surface area contributed by atoms with Crippen LogP contribution in [0.15, 0.2) is 72.8 Å². The summed E-state index contributed by atoms with van der Waals surface area (Å²) >= 11 is 0. The SMILES string of the molecule is O=C(NCCCN1CCOCC1)c1ccccc1N1C(=O)[C@@H]2Cc3c([nH]c4ccccc34)C(c3ccc(F)cc3)N2C1=O. The van der Waals surface area contributed by atoms with Crippen LogP contribution in [-0.2, 0) is 16.0 Å². The maximum absolute atomic E-state index is 14.2. The molecule has 2 saturated heterocycles. The van der Waals surface area contributed by atoms with E-state index in [0.717, 1.165) is 66.3 Å². The number of para-hydroxylation sites is 2. The number of aromatic amines is 1. The molecule has 10 heteroatoms. The van der Waals surface area contributed by atoms with E-state index in [-0.39, 0.29) is 28.9 Å². The van der Waals surface area contributed by atoms with E-state index in [2.05, 4.69) is 15.2 Å². The van der Waals surface area contributed by atoms with Gasteiger partial charge < -0.3 is 15.0 Å². The van der Waals surface area contributed by atoms with E-state index in [1.165, 1.54) is 12.1 Å². The van der Waals surface area contributed by atoms with Gasteiger partial charge in [0.1, 0.15) is 17.9 Å². The van der Waals surface area contributed by atoms with Crippen molar-refractivity contribution in [3.63, 3.8) is 0 Å². The number of imide groups is 1. The number of fused-ring (bicyclic) bond motifs is 4. The largest absolute Gasteiger partial charge is 0.379 e. The zero-order valence-electron chi connectivity index (χ0n) is 23.6. The third-order valence-corrected chi connectivity index (χ3v) is 8.66. The van der Waals surface area contributed by atoms with Gasteiger partial charge in [-0.15, -0.1) is 0 Å². The summed E-state index contributed by atoms with van der Waals surface area (Å²) < 4.78 is 19.3. The first kappa shape index (κ1) is 27.3. The molecule has 2 atom stereocenters. The zero-order valence-corrected chi connectivity index (χ0v) is 23.6. The number of nitrogens with zero attached hydrogens (tertiary/aromatic N) is 3. The molecule has 0 bridgehead atoms. The van der Waals surface area contributed by atoms with Crippen LogP contribution >= 0.6 is 0 Å². The Morgan fingerprint density at radius 1 is 0.977 bits per heavy atom. The highest BCUT2D eigenvalue weighted by Gasteiger charge is 2.53. The number of ether oxygens (including phenoxy) is 1. The van der Waals surface area contributed by atoms with Crippen molar-refractivity contribution in [3.05, 3.63) is 101 Å².